The molecule has 0 unspecified atom stereocenters. The maximum Gasteiger partial charge on any atom is 0.198 e. The largest absolute Gasteiger partial charge is 0.265 e. The molecule has 0 N–H and O–H groups in total. The Kier molecular flexibility index (Phi) is 28.2. The van der Waals surface area contributed by atoms with E-state index >= 15 is 0 Å². The molecule has 0 amide bonds. The lowest BCUT2D eigenvalue weighted by Crippen LogP contribution is -1.91. The smallest absolute Gasteiger partial charge is 0.198 e. The Morgan fingerprint density at radius 3 is 1.33 bits per heavy atom. The predicted octanol–water partition coefficient (Wildman–Crippen LogP) is 18.9. The molecule has 0 fully saturated rings. The molecule has 0 aliphatic carbocycles. The van der Waals surface area contributed by atoms with Crippen LogP contribution >= 0.6 is 0 Å². The summed E-state index contributed by atoms with van der Waals surface area (Å²) in [4.78, 5) is 70.9. The molecular formula is C88H79N19. The normalized spacial score (nSPS) is 10.1. The monoisotopic (exact) mass is 1400 g/mol. The molecule has 0 aliphatic rings. The van der Waals surface area contributed by atoms with Crippen molar-refractivity contribution in [1.29, 1.82) is 0 Å². The number of hydrogen-bond acceptors (Lipinski definition) is 19. The summed E-state index contributed by atoms with van der Waals surface area (Å²) in [5.74, 6) is 0.783. The number of aromatic nitrogens is 19. The molecule has 0 aliphatic heterocycles. The lowest BCUT2D eigenvalue weighted by molar-refractivity contribution is 1.02. The first-order valence-corrected chi connectivity index (χ1v) is 34.4. The number of aryl methyl sites for hydroxylation is 9. The van der Waals surface area contributed by atoms with Crippen LogP contribution in [0.4, 0.5) is 0 Å². The summed E-state index contributed by atoms with van der Waals surface area (Å²) >= 11 is 0. The third kappa shape index (κ3) is 24.6. The Morgan fingerprint density at radius 1 is 0.206 bits per heavy atom. The fourth-order valence-electron chi connectivity index (χ4n) is 10.1. The molecule has 4 aromatic carbocycles. The van der Waals surface area contributed by atoms with Gasteiger partial charge in [0, 0.05) is 113 Å². The highest BCUT2D eigenvalue weighted by atomic mass is 15.1. The lowest BCUT2D eigenvalue weighted by atomic mass is 10.1. The summed E-state index contributed by atoms with van der Waals surface area (Å²) in [7, 11) is 0. The van der Waals surface area contributed by atoms with E-state index in [1.54, 1.807) is 68.2 Å². The van der Waals surface area contributed by atoms with Crippen LogP contribution in [0.25, 0.3) is 100 Å². The number of para-hydroxylation sites is 2. The van der Waals surface area contributed by atoms with Crippen LogP contribution in [0, 0.1) is 62.3 Å². The number of hydrogen-bond donors (Lipinski definition) is 0. The number of rotatable bonds is 4. The Bertz CT molecular complexity index is 4970. The standard InChI is InChI=1S/2C12H11N.2C11H10N2.3C9H8N2.C8H7N3.C7H6N4/c1-10-4-2-5-11(8-10)12-6-3-7-13-9-12;1-10-6-5-9-12(13-10)11-7-3-2-4-8-11;1-9-4-2-6-11(13-9)10-5-3-7-12-8-10;1-9-3-2-4-11(13-9)10-5-7-12-8-6-10;1-7-4-5-8-9(11-7)3-2-6-10-8;1-7-6-10-8-4-2-3-5-9(8)11-7;1-7-6-8-4-2-3-5-9(8)11-10-7;1-6-10-5-8-7(11-6)3-2-4-9-8;1-5-4-10-6-7(11-5)9-3-2-8-6/h2*2-9H,1H3;2*2-8H,1H3;3*2-6H,1H3;2-5H,1H3;2-4H,1H3. The van der Waals surface area contributed by atoms with Crippen molar-refractivity contribution >= 4 is 55.3 Å². The van der Waals surface area contributed by atoms with Crippen molar-refractivity contribution in [1.82, 2.24) is 94.9 Å². The van der Waals surface area contributed by atoms with Gasteiger partial charge in [-0.3, -0.25) is 49.8 Å². The molecule has 14 aromatic heterocycles. The van der Waals surface area contributed by atoms with Crippen LogP contribution in [-0.4, -0.2) is 94.9 Å². The van der Waals surface area contributed by atoms with E-state index < -0.39 is 0 Å². The van der Waals surface area contributed by atoms with Gasteiger partial charge in [0.1, 0.15) is 11.3 Å². The quantitative estimate of drug-likeness (QED) is 0.159. The fourth-order valence-corrected chi connectivity index (χ4v) is 10.1. The van der Waals surface area contributed by atoms with Crippen LogP contribution in [0.2, 0.25) is 0 Å². The first-order valence-electron chi connectivity index (χ1n) is 34.4. The number of nitrogens with zero attached hydrogens (tertiary/aromatic N) is 19. The second kappa shape index (κ2) is 40.0. The van der Waals surface area contributed by atoms with Gasteiger partial charge < -0.3 is 0 Å². The second-order valence-corrected chi connectivity index (χ2v) is 24.0. The predicted molar refractivity (Wildman–Crippen MR) is 428 cm³/mol. The van der Waals surface area contributed by atoms with Crippen molar-refractivity contribution in [3.8, 4) is 44.9 Å². The average Bonchev–Trinajstić information content (AvgIpc) is 0.868. The van der Waals surface area contributed by atoms with Gasteiger partial charge in [0.15, 0.2) is 11.3 Å². The Morgan fingerprint density at radius 2 is 0.692 bits per heavy atom. The SMILES string of the molecule is Cc1cc2ccccc2nn1.Cc1ccc2ncccc2n1.Cc1cccc(-c2ccccc2)n1.Cc1cccc(-c2cccnc2)c1.Cc1cccc(-c2cccnc2)n1.Cc1cccc(-c2ccncc2)n1.Cc1cnc2ccccc2n1.Cc1cnc2nccnc2n1.Cc1ncc2ncccc2n1. The number of benzene rings is 4. The topological polar surface area (TPSA) is 245 Å². The molecule has 0 atom stereocenters. The van der Waals surface area contributed by atoms with Gasteiger partial charge in [-0.05, 0) is 201 Å². The minimum absolute atomic E-state index is 0.595. The highest BCUT2D eigenvalue weighted by Gasteiger charge is 2.03. The summed E-state index contributed by atoms with van der Waals surface area (Å²) in [5, 5.41) is 9.14. The van der Waals surface area contributed by atoms with Gasteiger partial charge in [0.05, 0.1) is 79.7 Å². The molecule has 18 aromatic rings. The maximum atomic E-state index is 4.44. The molecule has 0 saturated heterocycles. The van der Waals surface area contributed by atoms with Crippen molar-refractivity contribution in [3.63, 3.8) is 0 Å². The fraction of sp³-hybridized carbons (Fsp3) is 0.102. The molecule has 19 nitrogen and oxygen atoms in total. The highest BCUT2D eigenvalue weighted by Crippen LogP contribution is 2.21. The Labute approximate surface area is 622 Å². The van der Waals surface area contributed by atoms with E-state index in [1.807, 2.05) is 262 Å². The molecule has 18 rings (SSSR count). The van der Waals surface area contributed by atoms with E-state index in [-0.39, 0.29) is 0 Å². The van der Waals surface area contributed by atoms with Crippen molar-refractivity contribution in [2.24, 2.45) is 0 Å². The first-order chi connectivity index (χ1) is 52.2. The summed E-state index contributed by atoms with van der Waals surface area (Å²) in [6.45, 7) is 17.7. The summed E-state index contributed by atoms with van der Waals surface area (Å²) in [5.41, 5.74) is 24.7. The zero-order valence-corrected chi connectivity index (χ0v) is 61.0. The van der Waals surface area contributed by atoms with Crippen molar-refractivity contribution in [2.75, 3.05) is 0 Å². The summed E-state index contributed by atoms with van der Waals surface area (Å²) in [6.07, 6.45) is 22.7. The van der Waals surface area contributed by atoms with Gasteiger partial charge in [0.25, 0.3) is 0 Å². The maximum absolute atomic E-state index is 4.44. The van der Waals surface area contributed by atoms with Gasteiger partial charge in [-0.15, -0.1) is 0 Å². The van der Waals surface area contributed by atoms with Crippen molar-refractivity contribution in [2.45, 2.75) is 62.3 Å². The minimum atomic E-state index is 0.595. The van der Waals surface area contributed by atoms with Crippen LogP contribution in [-0.2, 0) is 0 Å². The van der Waals surface area contributed by atoms with E-state index in [2.05, 4.69) is 144 Å². The molecule has 0 saturated carbocycles. The zero-order valence-electron chi connectivity index (χ0n) is 61.0. The minimum Gasteiger partial charge on any atom is -0.265 e. The Balaban J connectivity index is 0.000000129. The molecule has 19 heteroatoms. The second-order valence-electron chi connectivity index (χ2n) is 24.0. The van der Waals surface area contributed by atoms with Gasteiger partial charge in [-0.1, -0.05) is 115 Å². The highest BCUT2D eigenvalue weighted by molar-refractivity contribution is 5.78. The van der Waals surface area contributed by atoms with E-state index in [9.17, 15) is 0 Å². The molecular weight excluding hydrogens is 1320 g/mol. The molecule has 526 valence electrons. The van der Waals surface area contributed by atoms with Gasteiger partial charge in [-0.25, -0.2) is 34.9 Å². The Hall–Kier alpha value is -14.1. The van der Waals surface area contributed by atoms with Crippen LogP contribution in [0.15, 0.2) is 317 Å². The van der Waals surface area contributed by atoms with E-state index in [4.69, 9.17) is 0 Å². The third-order valence-electron chi connectivity index (χ3n) is 15.3. The lowest BCUT2D eigenvalue weighted by Gasteiger charge is -2.00. The zero-order chi connectivity index (χ0) is 74.8. The third-order valence-corrected chi connectivity index (χ3v) is 15.3. The van der Waals surface area contributed by atoms with Crippen LogP contribution in [0.5, 0.6) is 0 Å². The summed E-state index contributed by atoms with van der Waals surface area (Å²) < 4.78 is 0. The molecule has 0 bridgehead atoms. The average molecular weight is 1400 g/mol. The molecule has 0 radical (unpaired) electrons. The van der Waals surface area contributed by atoms with Gasteiger partial charge >= 0.3 is 0 Å². The van der Waals surface area contributed by atoms with Crippen molar-refractivity contribution in [3.05, 3.63) is 368 Å². The van der Waals surface area contributed by atoms with Crippen LogP contribution in [0.3, 0.4) is 0 Å². The van der Waals surface area contributed by atoms with Crippen molar-refractivity contribution < 1.29 is 0 Å². The van der Waals surface area contributed by atoms with E-state index in [0.717, 1.165) is 118 Å². The number of pyridine rings is 9. The van der Waals surface area contributed by atoms with Crippen LogP contribution < -0.4 is 0 Å². The van der Waals surface area contributed by atoms with E-state index in [1.165, 1.54) is 22.3 Å². The number of fused-ring (bicyclic) bond motifs is 5. The summed E-state index contributed by atoms with van der Waals surface area (Å²) in [6, 6.07) is 78.0. The van der Waals surface area contributed by atoms with Gasteiger partial charge in [0.2, 0.25) is 0 Å². The van der Waals surface area contributed by atoms with Crippen LogP contribution in [0.1, 0.15) is 51.2 Å². The van der Waals surface area contributed by atoms with Gasteiger partial charge in [-0.2, -0.15) is 10.2 Å². The first kappa shape index (κ1) is 75.6. The molecule has 107 heavy (non-hydrogen) atoms. The van der Waals surface area contributed by atoms with E-state index in [0.29, 0.717) is 11.3 Å². The molecule has 0 spiro atoms. The molecule has 14 heterocycles.